The lowest BCUT2D eigenvalue weighted by molar-refractivity contribution is 1.01. The molecule has 1 rings (SSSR count). The highest BCUT2D eigenvalue weighted by atomic mass is 127. The van der Waals surface area contributed by atoms with Crippen molar-refractivity contribution in [2.24, 2.45) is 5.84 Å². The molecule has 2 N–H and O–H groups in total. The van der Waals surface area contributed by atoms with Crippen molar-refractivity contribution in [1.82, 2.24) is 0 Å². The van der Waals surface area contributed by atoms with E-state index in [1.165, 1.54) is 9.13 Å². The third-order valence-electron chi connectivity index (χ3n) is 1.55. The van der Waals surface area contributed by atoms with Gasteiger partial charge < -0.3 is 5.01 Å². The van der Waals surface area contributed by atoms with E-state index in [-0.39, 0.29) is 0 Å². The summed E-state index contributed by atoms with van der Waals surface area (Å²) in [5, 5.41) is 1.63. The van der Waals surface area contributed by atoms with Gasteiger partial charge in [0.2, 0.25) is 0 Å². The molecule has 11 heavy (non-hydrogen) atoms. The van der Waals surface area contributed by atoms with E-state index in [1.807, 2.05) is 19.2 Å². The van der Waals surface area contributed by atoms with E-state index in [0.29, 0.717) is 0 Å². The zero-order valence-corrected chi connectivity index (χ0v) is 8.79. The molecule has 0 saturated carbocycles. The molecular weight excluding hydrogens is 251 g/mol. The molecule has 0 bridgehead atoms. The van der Waals surface area contributed by atoms with Crippen molar-refractivity contribution in [3.8, 4) is 0 Å². The molecular formula is C8H11IN2. The zero-order chi connectivity index (χ0) is 8.43. The summed E-state index contributed by atoms with van der Waals surface area (Å²) in [6.07, 6.45) is 0. The molecule has 1 aromatic carbocycles. The van der Waals surface area contributed by atoms with E-state index in [4.69, 9.17) is 5.84 Å². The summed E-state index contributed by atoms with van der Waals surface area (Å²) in [7, 11) is 1.84. The van der Waals surface area contributed by atoms with Gasteiger partial charge in [0.05, 0.1) is 5.69 Å². The molecule has 0 aliphatic rings. The second-order valence-electron chi connectivity index (χ2n) is 2.52. The Balaban J connectivity index is 3.17. The maximum absolute atomic E-state index is 5.61. The summed E-state index contributed by atoms with van der Waals surface area (Å²) in [4.78, 5) is 0. The summed E-state index contributed by atoms with van der Waals surface area (Å²) in [5.74, 6) is 5.61. The minimum atomic E-state index is 1.07. The van der Waals surface area contributed by atoms with Crippen LogP contribution >= 0.6 is 22.6 Å². The van der Waals surface area contributed by atoms with Crippen LogP contribution in [0.25, 0.3) is 0 Å². The Kier molecular flexibility index (Phi) is 2.72. The van der Waals surface area contributed by atoms with Crippen molar-refractivity contribution >= 4 is 28.3 Å². The van der Waals surface area contributed by atoms with Gasteiger partial charge in [0.15, 0.2) is 0 Å². The van der Waals surface area contributed by atoms with Gasteiger partial charge in [-0.25, -0.2) is 5.84 Å². The maximum atomic E-state index is 5.61. The van der Waals surface area contributed by atoms with Crippen molar-refractivity contribution in [3.05, 3.63) is 27.3 Å². The topological polar surface area (TPSA) is 29.3 Å². The van der Waals surface area contributed by atoms with Gasteiger partial charge in [0, 0.05) is 10.6 Å². The molecule has 0 atom stereocenters. The molecule has 60 valence electrons. The van der Waals surface area contributed by atoms with E-state index >= 15 is 0 Å². The first-order valence-electron chi connectivity index (χ1n) is 3.36. The molecule has 0 aliphatic heterocycles. The molecule has 0 amide bonds. The molecule has 0 unspecified atom stereocenters. The summed E-state index contributed by atoms with van der Waals surface area (Å²) in [5.41, 5.74) is 2.34. The van der Waals surface area contributed by atoms with Crippen molar-refractivity contribution in [2.45, 2.75) is 6.92 Å². The quantitative estimate of drug-likeness (QED) is 0.476. The summed E-state index contributed by atoms with van der Waals surface area (Å²) in [6, 6.07) is 6.10. The molecule has 0 radical (unpaired) electrons. The van der Waals surface area contributed by atoms with Gasteiger partial charge in [-0.3, -0.25) is 0 Å². The highest BCUT2D eigenvalue weighted by molar-refractivity contribution is 14.1. The Hall–Kier alpha value is -0.290. The maximum Gasteiger partial charge on any atom is 0.0649 e. The molecule has 0 fully saturated rings. The first-order valence-corrected chi connectivity index (χ1v) is 4.44. The average Bonchev–Trinajstić information content (AvgIpc) is 1.94. The van der Waals surface area contributed by atoms with Crippen LogP contribution in [-0.4, -0.2) is 7.05 Å². The Morgan fingerprint density at radius 2 is 2.09 bits per heavy atom. The molecule has 2 nitrogen and oxygen atoms in total. The minimum absolute atomic E-state index is 1.07. The molecule has 0 aromatic heterocycles. The van der Waals surface area contributed by atoms with E-state index in [0.717, 1.165) is 5.69 Å². The summed E-state index contributed by atoms with van der Waals surface area (Å²) < 4.78 is 1.22. The predicted octanol–water partition coefficient (Wildman–Crippen LogP) is 1.91. The number of nitrogens with two attached hydrogens (primary N) is 1. The van der Waals surface area contributed by atoms with Crippen LogP contribution in [0, 0.1) is 10.5 Å². The zero-order valence-electron chi connectivity index (χ0n) is 6.63. The van der Waals surface area contributed by atoms with E-state index in [2.05, 4.69) is 35.6 Å². The van der Waals surface area contributed by atoms with Crippen molar-refractivity contribution in [1.29, 1.82) is 0 Å². The second-order valence-corrected chi connectivity index (χ2v) is 3.60. The minimum Gasteiger partial charge on any atom is -0.313 e. The Bertz CT molecular complexity index is 258. The second kappa shape index (κ2) is 3.40. The standard InChI is InChI=1S/C8H11IN2/c1-6-4-3-5-7(8(6)9)11(2)10/h3-5H,10H2,1-2H3. The number of halogens is 1. The fourth-order valence-electron chi connectivity index (χ4n) is 0.904. The predicted molar refractivity (Wildman–Crippen MR) is 56.5 cm³/mol. The molecule has 0 saturated heterocycles. The van der Waals surface area contributed by atoms with Crippen molar-refractivity contribution in [2.75, 3.05) is 12.1 Å². The first-order chi connectivity index (χ1) is 5.13. The third-order valence-corrected chi connectivity index (χ3v) is 2.95. The monoisotopic (exact) mass is 262 g/mol. The van der Waals surface area contributed by atoms with Crippen molar-refractivity contribution < 1.29 is 0 Å². The highest BCUT2D eigenvalue weighted by Crippen LogP contribution is 2.22. The largest absolute Gasteiger partial charge is 0.313 e. The van der Waals surface area contributed by atoms with E-state index < -0.39 is 0 Å². The van der Waals surface area contributed by atoms with Gasteiger partial charge in [-0.05, 0) is 41.1 Å². The van der Waals surface area contributed by atoms with Crippen LogP contribution in [0.15, 0.2) is 18.2 Å². The molecule has 0 heterocycles. The van der Waals surface area contributed by atoms with Crippen LogP contribution in [-0.2, 0) is 0 Å². The molecule has 0 aliphatic carbocycles. The number of rotatable bonds is 1. The summed E-state index contributed by atoms with van der Waals surface area (Å²) in [6.45, 7) is 2.08. The number of aryl methyl sites for hydroxylation is 1. The lowest BCUT2D eigenvalue weighted by Gasteiger charge is -2.14. The average molecular weight is 262 g/mol. The fourth-order valence-corrected chi connectivity index (χ4v) is 1.64. The Labute approximate surface area is 80.5 Å². The van der Waals surface area contributed by atoms with Crippen LogP contribution in [0.3, 0.4) is 0 Å². The van der Waals surface area contributed by atoms with Crippen LogP contribution in [0.2, 0.25) is 0 Å². The lowest BCUT2D eigenvalue weighted by Crippen LogP contribution is -2.26. The van der Waals surface area contributed by atoms with Gasteiger partial charge in [-0.15, -0.1) is 0 Å². The Morgan fingerprint density at radius 1 is 1.45 bits per heavy atom. The number of anilines is 1. The smallest absolute Gasteiger partial charge is 0.0649 e. The number of nitrogens with zero attached hydrogens (tertiary/aromatic N) is 1. The molecule has 1 aromatic rings. The Morgan fingerprint density at radius 3 is 2.55 bits per heavy atom. The van der Waals surface area contributed by atoms with Crippen LogP contribution in [0.1, 0.15) is 5.56 Å². The van der Waals surface area contributed by atoms with E-state index in [9.17, 15) is 0 Å². The summed E-state index contributed by atoms with van der Waals surface area (Å²) >= 11 is 2.30. The van der Waals surface area contributed by atoms with Crippen LogP contribution < -0.4 is 10.9 Å². The van der Waals surface area contributed by atoms with Crippen LogP contribution in [0.5, 0.6) is 0 Å². The van der Waals surface area contributed by atoms with Gasteiger partial charge in [-0.1, -0.05) is 12.1 Å². The highest BCUT2D eigenvalue weighted by Gasteiger charge is 2.02. The SMILES string of the molecule is Cc1cccc(N(C)N)c1I. The van der Waals surface area contributed by atoms with Gasteiger partial charge in [-0.2, -0.15) is 0 Å². The number of hydrazine groups is 1. The third kappa shape index (κ3) is 1.84. The van der Waals surface area contributed by atoms with Crippen molar-refractivity contribution in [3.63, 3.8) is 0 Å². The number of hydrogen-bond donors (Lipinski definition) is 1. The normalized spacial score (nSPS) is 9.82. The lowest BCUT2D eigenvalue weighted by atomic mass is 10.2. The first kappa shape index (κ1) is 8.80. The molecule has 3 heteroatoms. The van der Waals surface area contributed by atoms with E-state index in [1.54, 1.807) is 5.01 Å². The van der Waals surface area contributed by atoms with Gasteiger partial charge in [0.1, 0.15) is 0 Å². The number of benzene rings is 1. The van der Waals surface area contributed by atoms with Gasteiger partial charge in [0.25, 0.3) is 0 Å². The fraction of sp³-hybridized carbons (Fsp3) is 0.250. The number of hydrogen-bond acceptors (Lipinski definition) is 2. The van der Waals surface area contributed by atoms with Gasteiger partial charge >= 0.3 is 0 Å². The molecule has 0 spiro atoms. The van der Waals surface area contributed by atoms with Crippen LogP contribution in [0.4, 0.5) is 5.69 Å².